The van der Waals surface area contributed by atoms with E-state index in [4.69, 9.17) is 4.98 Å². The Kier molecular flexibility index (Phi) is 10.1. The van der Waals surface area contributed by atoms with Crippen LogP contribution in [-0.2, 0) is 0 Å². The van der Waals surface area contributed by atoms with Crippen molar-refractivity contribution in [2.24, 2.45) is 23.7 Å². The smallest absolute Gasteiger partial charge is 0.141 e. The van der Waals surface area contributed by atoms with E-state index in [0.29, 0.717) is 23.7 Å². The summed E-state index contributed by atoms with van der Waals surface area (Å²) < 4.78 is 2.34. The standard InChI is InChI=1S/C72H54N2/c1-45-27-28-47-40-52(34-29-46(47)39-45)68-58-17-5-7-19-60(58)69(61-20-8-6-18-59(61)68)53-35-30-49-42-54(36-31-48(49)41-53)70-62-21-9-11-23-64(62)71(65-24-12-10-22-63(65)70)55-37-32-51-44-56(38-33-50(51)43-55)72-73-66-25-13-14-26-67(66)74(72)57-15-3-2-4-16-57/h2-38,40-42,46,51,55,64,71H,39,43-44H2,1H3. The molecule has 5 unspecified atom stereocenters. The third-order valence-electron chi connectivity index (χ3n) is 17.1. The van der Waals surface area contributed by atoms with Gasteiger partial charge in [0.15, 0.2) is 0 Å². The molecule has 15 rings (SSSR count). The lowest BCUT2D eigenvalue weighted by Crippen LogP contribution is -2.29. The van der Waals surface area contributed by atoms with Crippen molar-refractivity contribution >= 4 is 60.1 Å². The number of hydrogen-bond donors (Lipinski definition) is 0. The molecule has 6 aliphatic carbocycles. The Bertz CT molecular complexity index is 4130. The van der Waals surface area contributed by atoms with E-state index in [0.717, 1.165) is 41.8 Å². The van der Waals surface area contributed by atoms with Crippen LogP contribution in [0.3, 0.4) is 0 Å². The maximum absolute atomic E-state index is 5.24. The second-order valence-corrected chi connectivity index (χ2v) is 21.4. The molecule has 1 aromatic heterocycles. The second-order valence-electron chi connectivity index (χ2n) is 21.4. The van der Waals surface area contributed by atoms with Crippen LogP contribution < -0.4 is 0 Å². The molecular formula is C72H54N2. The number of nitrogens with zero attached hydrogens (tertiary/aromatic N) is 2. The number of fused-ring (bicyclic) bond motifs is 8. The van der Waals surface area contributed by atoms with Crippen molar-refractivity contribution in [2.45, 2.75) is 32.1 Å². The maximum atomic E-state index is 5.24. The Morgan fingerprint density at radius 2 is 1.26 bits per heavy atom. The Hall–Kier alpha value is -8.59. The third-order valence-corrected chi connectivity index (χ3v) is 17.1. The second kappa shape index (κ2) is 17.3. The zero-order valence-electron chi connectivity index (χ0n) is 41.5. The molecule has 0 amide bonds. The van der Waals surface area contributed by atoms with Crippen molar-refractivity contribution in [2.75, 3.05) is 0 Å². The molecule has 0 spiro atoms. The Morgan fingerprint density at radius 1 is 0.541 bits per heavy atom. The number of para-hydroxylation sites is 3. The molecule has 5 atom stereocenters. The molecule has 2 nitrogen and oxygen atoms in total. The van der Waals surface area contributed by atoms with E-state index >= 15 is 0 Å². The molecule has 2 heteroatoms. The summed E-state index contributed by atoms with van der Waals surface area (Å²) in [7, 11) is 0. The highest BCUT2D eigenvalue weighted by Gasteiger charge is 2.40. The van der Waals surface area contributed by atoms with E-state index < -0.39 is 0 Å². The summed E-state index contributed by atoms with van der Waals surface area (Å²) in [4.78, 5) is 5.24. The molecule has 0 saturated carbocycles. The first-order chi connectivity index (χ1) is 36.6. The minimum Gasteiger partial charge on any atom is -0.293 e. The molecule has 0 saturated heterocycles. The van der Waals surface area contributed by atoms with Gasteiger partial charge in [-0.25, -0.2) is 4.98 Å². The number of hydrogen-bond acceptors (Lipinski definition) is 1. The maximum Gasteiger partial charge on any atom is 0.141 e. The van der Waals surface area contributed by atoms with Crippen LogP contribution in [0.1, 0.15) is 60.2 Å². The van der Waals surface area contributed by atoms with Gasteiger partial charge < -0.3 is 0 Å². The van der Waals surface area contributed by atoms with E-state index in [2.05, 4.69) is 254 Å². The Labute approximate surface area is 433 Å². The van der Waals surface area contributed by atoms with Gasteiger partial charge in [-0.1, -0.05) is 218 Å². The lowest BCUT2D eigenvalue weighted by molar-refractivity contribution is 0.411. The van der Waals surface area contributed by atoms with Gasteiger partial charge in [0, 0.05) is 29.4 Å². The van der Waals surface area contributed by atoms with Crippen molar-refractivity contribution in [1.29, 1.82) is 0 Å². The van der Waals surface area contributed by atoms with E-state index in [1.54, 1.807) is 0 Å². The van der Waals surface area contributed by atoms with Crippen LogP contribution in [-0.4, -0.2) is 9.55 Å². The lowest BCUT2D eigenvalue weighted by atomic mass is 9.62. The molecule has 74 heavy (non-hydrogen) atoms. The van der Waals surface area contributed by atoms with Gasteiger partial charge in [0.25, 0.3) is 0 Å². The molecule has 0 N–H and O–H groups in total. The van der Waals surface area contributed by atoms with Crippen LogP contribution in [0.15, 0.2) is 265 Å². The molecule has 1 heterocycles. The fraction of sp³-hybridized carbons (Fsp3) is 0.125. The SMILES string of the molecule is CC1=CC=C2C=C(c3c4ccccc4c(-c4ccc5cc(C6=C7C=CC=CC7C(C7C=CC8CC(c9nc%10ccccc%10n9-c9ccccc9)=CC=C8C7)c7ccccc76)ccc5c4)c4ccccc34)C=CC2C1. The first-order valence-electron chi connectivity index (χ1n) is 26.6. The quantitative estimate of drug-likeness (QED) is 0.120. The third kappa shape index (κ3) is 6.96. The molecule has 6 aliphatic rings. The number of benzene rings is 8. The van der Waals surface area contributed by atoms with Gasteiger partial charge >= 0.3 is 0 Å². The van der Waals surface area contributed by atoms with Gasteiger partial charge in [-0.2, -0.15) is 0 Å². The summed E-state index contributed by atoms with van der Waals surface area (Å²) >= 11 is 0. The van der Waals surface area contributed by atoms with Crippen molar-refractivity contribution in [3.63, 3.8) is 0 Å². The van der Waals surface area contributed by atoms with Crippen LogP contribution in [0, 0.1) is 23.7 Å². The van der Waals surface area contributed by atoms with Crippen molar-refractivity contribution in [3.05, 3.63) is 293 Å². The molecular weight excluding hydrogens is 893 g/mol. The van der Waals surface area contributed by atoms with Crippen LogP contribution in [0.4, 0.5) is 0 Å². The zero-order chi connectivity index (χ0) is 48.9. The van der Waals surface area contributed by atoms with Gasteiger partial charge in [-0.15, -0.1) is 0 Å². The predicted molar refractivity (Wildman–Crippen MR) is 311 cm³/mol. The van der Waals surface area contributed by atoms with Gasteiger partial charge in [0.2, 0.25) is 0 Å². The van der Waals surface area contributed by atoms with E-state index in [1.165, 1.54) is 105 Å². The summed E-state index contributed by atoms with van der Waals surface area (Å²) in [5.74, 6) is 2.82. The fourth-order valence-electron chi connectivity index (χ4n) is 13.7. The number of imidazole rings is 1. The summed E-state index contributed by atoms with van der Waals surface area (Å²) in [6.07, 6.45) is 34.2. The topological polar surface area (TPSA) is 17.8 Å². The highest BCUT2D eigenvalue weighted by molar-refractivity contribution is 6.20. The molecule has 0 aliphatic heterocycles. The largest absolute Gasteiger partial charge is 0.293 e. The number of allylic oxidation sites excluding steroid dienone is 19. The molecule has 8 aromatic carbocycles. The van der Waals surface area contributed by atoms with Gasteiger partial charge in [0.1, 0.15) is 5.82 Å². The van der Waals surface area contributed by atoms with Crippen LogP contribution in [0.5, 0.6) is 0 Å². The van der Waals surface area contributed by atoms with Crippen LogP contribution >= 0.6 is 0 Å². The van der Waals surface area contributed by atoms with Gasteiger partial charge in [-0.3, -0.25) is 4.57 Å². The molecule has 0 bridgehead atoms. The first kappa shape index (κ1) is 43.0. The number of rotatable bonds is 6. The van der Waals surface area contributed by atoms with Crippen molar-refractivity contribution in [3.8, 4) is 16.8 Å². The minimum absolute atomic E-state index is 0.265. The summed E-state index contributed by atoms with van der Waals surface area (Å²) in [5, 5.41) is 7.67. The summed E-state index contributed by atoms with van der Waals surface area (Å²) in [6.45, 7) is 2.24. The first-order valence-corrected chi connectivity index (χ1v) is 26.6. The average molecular weight is 947 g/mol. The van der Waals surface area contributed by atoms with Crippen molar-refractivity contribution in [1.82, 2.24) is 9.55 Å². The minimum atomic E-state index is 0.265. The monoisotopic (exact) mass is 946 g/mol. The van der Waals surface area contributed by atoms with Crippen molar-refractivity contribution < 1.29 is 0 Å². The molecule has 9 aromatic rings. The fourth-order valence-corrected chi connectivity index (χ4v) is 13.7. The number of aromatic nitrogens is 2. The van der Waals surface area contributed by atoms with E-state index in [-0.39, 0.29) is 5.92 Å². The average Bonchev–Trinajstić information content (AvgIpc) is 3.87. The van der Waals surface area contributed by atoms with E-state index in [1.807, 2.05) is 0 Å². The highest BCUT2D eigenvalue weighted by Crippen LogP contribution is 2.54. The normalized spacial score (nSPS) is 21.7. The Balaban J connectivity index is 0.775. The Morgan fingerprint density at radius 3 is 2.08 bits per heavy atom. The lowest BCUT2D eigenvalue weighted by Gasteiger charge is -2.42. The molecule has 0 radical (unpaired) electrons. The van der Waals surface area contributed by atoms with Gasteiger partial charge in [-0.05, 0) is 162 Å². The predicted octanol–water partition coefficient (Wildman–Crippen LogP) is 18.2. The molecule has 352 valence electrons. The highest BCUT2D eigenvalue weighted by atomic mass is 15.1. The van der Waals surface area contributed by atoms with Crippen LogP contribution in [0.25, 0.3) is 76.9 Å². The zero-order valence-corrected chi connectivity index (χ0v) is 41.5. The van der Waals surface area contributed by atoms with Crippen LogP contribution in [0.2, 0.25) is 0 Å². The summed E-state index contributed by atoms with van der Waals surface area (Å²) in [6, 6.07) is 60.9. The molecule has 0 fully saturated rings. The van der Waals surface area contributed by atoms with E-state index in [9.17, 15) is 0 Å². The van der Waals surface area contributed by atoms with Gasteiger partial charge in [0.05, 0.1) is 11.0 Å². The summed E-state index contributed by atoms with van der Waals surface area (Å²) in [5.41, 5.74) is 21.0.